The Morgan fingerprint density at radius 2 is 2.12 bits per heavy atom. The molecule has 132 valence electrons. The molecule has 1 fully saturated rings. The van der Waals surface area contributed by atoms with Gasteiger partial charge in [-0.2, -0.15) is 0 Å². The molecule has 0 saturated carbocycles. The summed E-state index contributed by atoms with van der Waals surface area (Å²) in [4.78, 5) is 31.2. The molecule has 1 aromatic rings. The molecule has 0 aromatic heterocycles. The topological polar surface area (TPSA) is 65.2 Å². The van der Waals surface area contributed by atoms with E-state index >= 15 is 0 Å². The molecule has 1 N–H and O–H groups in total. The van der Waals surface area contributed by atoms with E-state index < -0.39 is 18.4 Å². The number of hydrogen-bond acceptors (Lipinski definition) is 6. The van der Waals surface area contributed by atoms with Crippen LogP contribution in [-0.2, 0) is 9.59 Å². The number of nitrogens with zero attached hydrogens (tertiary/aromatic N) is 3. The lowest BCUT2D eigenvalue weighted by Gasteiger charge is -2.17. The molecule has 2 heterocycles. The highest BCUT2D eigenvalue weighted by Crippen LogP contribution is 2.47. The van der Waals surface area contributed by atoms with Crippen molar-refractivity contribution in [1.29, 1.82) is 0 Å². The van der Waals surface area contributed by atoms with Crippen LogP contribution in [0.5, 0.6) is 0 Å². The van der Waals surface area contributed by atoms with E-state index in [1.807, 2.05) is 25.1 Å². The Labute approximate surface area is 164 Å². The fraction of sp³-hybridized carbons (Fsp3) is 0.176. The number of fused-ring (bicyclic) bond motifs is 1. The number of amides is 1. The van der Waals surface area contributed by atoms with Crippen LogP contribution in [0.3, 0.4) is 0 Å². The maximum absolute atomic E-state index is 12.3. The molecule has 2 aliphatic heterocycles. The van der Waals surface area contributed by atoms with Gasteiger partial charge in [-0.1, -0.05) is 47.9 Å². The molecule has 0 radical (unpaired) electrons. The smallest absolute Gasteiger partial charge is 0.323 e. The number of aliphatic carboxylic acids is 1. The van der Waals surface area contributed by atoms with Crippen molar-refractivity contribution in [2.75, 3.05) is 18.0 Å². The molecule has 1 aromatic carbocycles. The first-order valence-corrected chi connectivity index (χ1v) is 9.63. The molecule has 1 saturated heterocycles. The first-order valence-electron chi connectivity index (χ1n) is 7.59. The summed E-state index contributed by atoms with van der Waals surface area (Å²) >= 11 is 7.75. The Morgan fingerprint density at radius 1 is 1.35 bits per heavy atom. The minimum absolute atomic E-state index is 0.249. The van der Waals surface area contributed by atoms with E-state index in [-0.39, 0.29) is 4.32 Å². The van der Waals surface area contributed by atoms with Crippen LogP contribution >= 0.6 is 35.7 Å². The van der Waals surface area contributed by atoms with Crippen LogP contribution < -0.4 is 4.90 Å². The summed E-state index contributed by atoms with van der Waals surface area (Å²) in [6.07, 6.45) is 3.51. The number of hydrogen-bond donors (Lipinski definition) is 1. The van der Waals surface area contributed by atoms with E-state index in [1.54, 1.807) is 23.9 Å². The molecule has 0 bridgehead atoms. The van der Waals surface area contributed by atoms with Crippen molar-refractivity contribution < 1.29 is 14.7 Å². The molecule has 9 heteroatoms. The van der Waals surface area contributed by atoms with Gasteiger partial charge in [0.25, 0.3) is 5.91 Å². The summed E-state index contributed by atoms with van der Waals surface area (Å²) in [5, 5.41) is 9.82. The van der Waals surface area contributed by atoms with Gasteiger partial charge in [-0.15, -0.1) is 0 Å². The van der Waals surface area contributed by atoms with E-state index in [2.05, 4.69) is 9.74 Å². The predicted molar refractivity (Wildman–Crippen MR) is 107 cm³/mol. The zero-order chi connectivity index (χ0) is 18.8. The van der Waals surface area contributed by atoms with Crippen LogP contribution in [0.25, 0.3) is 4.85 Å². The second kappa shape index (κ2) is 7.53. The molecule has 0 spiro atoms. The number of carbonyl (C=O) groups excluding carboxylic acids is 1. The summed E-state index contributed by atoms with van der Waals surface area (Å²) in [6, 6.07) is 5.56. The Bertz CT molecular complexity index is 918. The van der Waals surface area contributed by atoms with Crippen LogP contribution in [0.4, 0.5) is 11.4 Å². The monoisotopic (exact) mass is 403 g/mol. The second-order valence-electron chi connectivity index (χ2n) is 5.30. The maximum Gasteiger partial charge on any atom is 0.323 e. The summed E-state index contributed by atoms with van der Waals surface area (Å²) in [5.74, 6) is -1.49. The second-order valence-corrected chi connectivity index (χ2v) is 8.04. The van der Waals surface area contributed by atoms with E-state index in [1.165, 1.54) is 0 Å². The summed E-state index contributed by atoms with van der Waals surface area (Å²) in [5.41, 5.74) is 1.56. The fourth-order valence-corrected chi connectivity index (χ4v) is 4.85. The lowest BCUT2D eigenvalue weighted by molar-refractivity contribution is -0.140. The third-order valence-corrected chi connectivity index (χ3v) is 6.23. The summed E-state index contributed by atoms with van der Waals surface area (Å²) in [7, 11) is 0. The first-order chi connectivity index (χ1) is 12.4. The fourth-order valence-electron chi connectivity index (χ4n) is 2.54. The highest BCUT2D eigenvalue weighted by Gasteiger charge is 2.33. The van der Waals surface area contributed by atoms with Crippen LogP contribution in [-0.4, -0.2) is 39.3 Å². The van der Waals surface area contributed by atoms with Gasteiger partial charge in [0.15, 0.2) is 5.69 Å². The van der Waals surface area contributed by atoms with Crippen molar-refractivity contribution in [2.24, 2.45) is 0 Å². The first kappa shape index (κ1) is 18.5. The van der Waals surface area contributed by atoms with Crippen molar-refractivity contribution in [3.8, 4) is 0 Å². The van der Waals surface area contributed by atoms with E-state index in [0.29, 0.717) is 10.6 Å². The van der Waals surface area contributed by atoms with E-state index in [0.717, 1.165) is 38.8 Å². The lowest BCUT2D eigenvalue weighted by Crippen LogP contribution is -2.33. The third kappa shape index (κ3) is 3.49. The zero-order valence-corrected chi connectivity index (χ0v) is 16.1. The van der Waals surface area contributed by atoms with Gasteiger partial charge < -0.3 is 10.0 Å². The van der Waals surface area contributed by atoms with Gasteiger partial charge in [0.1, 0.15) is 10.9 Å². The van der Waals surface area contributed by atoms with Gasteiger partial charge in [-0.25, -0.2) is 4.85 Å². The maximum atomic E-state index is 12.3. The molecule has 6 nitrogen and oxygen atoms in total. The van der Waals surface area contributed by atoms with Crippen molar-refractivity contribution in [2.45, 2.75) is 11.8 Å². The minimum Gasteiger partial charge on any atom is -0.480 e. The highest BCUT2D eigenvalue weighted by atomic mass is 32.2. The Balaban J connectivity index is 1.86. The Kier molecular flexibility index (Phi) is 5.36. The van der Waals surface area contributed by atoms with Crippen molar-refractivity contribution in [3.05, 3.63) is 51.7 Å². The third-order valence-electron chi connectivity index (χ3n) is 3.70. The van der Waals surface area contributed by atoms with Crippen LogP contribution in [0.2, 0.25) is 0 Å². The van der Waals surface area contributed by atoms with Gasteiger partial charge in [0.2, 0.25) is 0 Å². The van der Waals surface area contributed by atoms with Gasteiger partial charge in [-0.05, 0) is 25.1 Å². The van der Waals surface area contributed by atoms with Gasteiger partial charge in [-0.3, -0.25) is 14.5 Å². The van der Waals surface area contributed by atoms with Crippen molar-refractivity contribution >= 4 is 63.3 Å². The number of benzene rings is 1. The molecule has 26 heavy (non-hydrogen) atoms. The van der Waals surface area contributed by atoms with Gasteiger partial charge >= 0.3 is 5.97 Å². The number of carboxylic acid groups (broad SMARTS) is 1. The Hall–Kier alpha value is -2.28. The zero-order valence-electron chi connectivity index (χ0n) is 13.6. The lowest BCUT2D eigenvalue weighted by atomic mass is 10.2. The molecule has 2 aliphatic rings. The average molecular weight is 404 g/mol. The SMILES string of the molecule is [C-]#[N+]c1ccc2c(c1)N(CC)/C(=C/C=C1/SC(=S)N(CC(=O)O)C1=O)S2. The molecule has 0 unspecified atom stereocenters. The number of rotatable bonds is 4. The number of allylic oxidation sites excluding steroid dienone is 2. The van der Waals surface area contributed by atoms with Gasteiger partial charge in [0.05, 0.1) is 16.5 Å². The summed E-state index contributed by atoms with van der Waals surface area (Å²) in [6.45, 7) is 9.47. The molecule has 0 aliphatic carbocycles. The molecule has 1 amide bonds. The van der Waals surface area contributed by atoms with Gasteiger partial charge in [0, 0.05) is 17.1 Å². The quantitative estimate of drug-likeness (QED) is 0.465. The van der Waals surface area contributed by atoms with Crippen LogP contribution in [0.1, 0.15) is 6.92 Å². The number of carbonyl (C=O) groups is 2. The average Bonchev–Trinajstić information content (AvgIpc) is 3.10. The minimum atomic E-state index is -1.10. The molecule has 0 atom stereocenters. The number of thioether (sulfide) groups is 2. The molecular weight excluding hydrogens is 390 g/mol. The van der Waals surface area contributed by atoms with Crippen molar-refractivity contribution in [1.82, 2.24) is 4.90 Å². The standard InChI is InChI=1S/C17H13N3O3S3/c1-3-19-11-8-10(18-2)4-5-12(11)25-14(19)7-6-13-16(23)20(9-15(21)22)17(24)26-13/h4-8H,3,9H2,1H3,(H,21,22)/b13-6+,14-7-. The van der Waals surface area contributed by atoms with Crippen molar-refractivity contribution in [3.63, 3.8) is 0 Å². The van der Waals surface area contributed by atoms with E-state index in [9.17, 15) is 9.59 Å². The number of carboxylic acids is 1. The number of thiocarbonyl (C=S) groups is 1. The van der Waals surface area contributed by atoms with Crippen LogP contribution in [0, 0.1) is 6.57 Å². The highest BCUT2D eigenvalue weighted by molar-refractivity contribution is 8.26. The van der Waals surface area contributed by atoms with Crippen LogP contribution in [0.15, 0.2) is 45.2 Å². The largest absolute Gasteiger partial charge is 0.480 e. The Morgan fingerprint density at radius 3 is 2.77 bits per heavy atom. The number of anilines is 1. The summed E-state index contributed by atoms with van der Waals surface area (Å²) < 4.78 is 0.249. The molecule has 3 rings (SSSR count). The van der Waals surface area contributed by atoms with E-state index in [4.69, 9.17) is 23.9 Å². The normalized spacial score (nSPS) is 19.4. The predicted octanol–water partition coefficient (Wildman–Crippen LogP) is 3.84. The molecular formula is C17H13N3O3S3.